The van der Waals surface area contributed by atoms with Gasteiger partial charge in [0.05, 0.1) is 11.7 Å². The van der Waals surface area contributed by atoms with Crippen LogP contribution in [0, 0.1) is 20.8 Å². The second-order valence-corrected chi connectivity index (χ2v) is 10.5. The van der Waals surface area contributed by atoms with E-state index in [-0.39, 0.29) is 6.54 Å². The molecule has 0 unspecified atom stereocenters. The van der Waals surface area contributed by atoms with E-state index >= 15 is 0 Å². The number of carbonyl (C=O) groups excluding carboxylic acids is 1. The number of amides is 1. The van der Waals surface area contributed by atoms with Gasteiger partial charge in [0.15, 0.2) is 0 Å². The van der Waals surface area contributed by atoms with Gasteiger partial charge >= 0.3 is 10.2 Å². The van der Waals surface area contributed by atoms with E-state index in [0.29, 0.717) is 5.69 Å². The molecular formula is C26H31N3O3S. The molecule has 0 fully saturated rings. The van der Waals surface area contributed by atoms with Crippen LogP contribution in [0.25, 0.3) is 0 Å². The van der Waals surface area contributed by atoms with Crippen molar-refractivity contribution in [3.63, 3.8) is 0 Å². The van der Waals surface area contributed by atoms with Crippen molar-refractivity contribution < 1.29 is 13.2 Å². The smallest absolute Gasteiger partial charge is 0.304 e. The van der Waals surface area contributed by atoms with E-state index in [0.717, 1.165) is 32.1 Å². The lowest BCUT2D eigenvalue weighted by molar-refractivity contribution is -0.120. The Morgan fingerprint density at radius 3 is 2.03 bits per heavy atom. The van der Waals surface area contributed by atoms with Gasteiger partial charge in [-0.05, 0) is 49.1 Å². The maximum Gasteiger partial charge on any atom is 0.304 e. The molecular weight excluding hydrogens is 434 g/mol. The molecule has 3 aromatic carbocycles. The van der Waals surface area contributed by atoms with E-state index in [1.807, 2.05) is 87.5 Å². The summed E-state index contributed by atoms with van der Waals surface area (Å²) in [7, 11) is -0.966. The van der Waals surface area contributed by atoms with Crippen LogP contribution in [0.3, 0.4) is 0 Å². The molecule has 1 N–H and O–H groups in total. The fourth-order valence-electron chi connectivity index (χ4n) is 3.58. The zero-order valence-electron chi connectivity index (χ0n) is 19.7. The van der Waals surface area contributed by atoms with Crippen LogP contribution >= 0.6 is 0 Å². The third kappa shape index (κ3) is 5.80. The molecule has 3 rings (SSSR count). The summed E-state index contributed by atoms with van der Waals surface area (Å²) >= 11 is 0. The lowest BCUT2D eigenvalue weighted by Crippen LogP contribution is -2.46. The van der Waals surface area contributed by atoms with E-state index in [4.69, 9.17) is 0 Å². The summed E-state index contributed by atoms with van der Waals surface area (Å²) in [5.74, 6) is -0.393. The van der Waals surface area contributed by atoms with E-state index in [9.17, 15) is 13.2 Å². The minimum atomic E-state index is -3.89. The number of nitrogens with zero attached hydrogens (tertiary/aromatic N) is 2. The van der Waals surface area contributed by atoms with Crippen LogP contribution in [-0.2, 0) is 15.0 Å². The third-order valence-electron chi connectivity index (χ3n) is 5.51. The number of rotatable bonds is 8. The van der Waals surface area contributed by atoms with Gasteiger partial charge in [-0.15, -0.1) is 0 Å². The summed E-state index contributed by atoms with van der Waals surface area (Å²) in [6.07, 6.45) is 0. The molecule has 0 aliphatic heterocycles. The minimum absolute atomic E-state index is 0.333. The van der Waals surface area contributed by atoms with E-state index in [2.05, 4.69) is 5.32 Å². The van der Waals surface area contributed by atoms with Gasteiger partial charge in [-0.3, -0.25) is 4.79 Å². The number of aryl methyl sites for hydroxylation is 3. The monoisotopic (exact) mass is 465 g/mol. The molecule has 33 heavy (non-hydrogen) atoms. The van der Waals surface area contributed by atoms with Gasteiger partial charge in [0, 0.05) is 14.1 Å². The standard InChI is InChI=1S/C26H31N3O3S/c1-19-12-15-23(16-13-19)26(22-9-7-6-8-10-22)27-25(30)18-29(33(31,32)28(4)5)24-17-20(2)11-14-21(24)3/h6-17,26H,18H2,1-5H3,(H,27,30)/t26-/m0/s1. The molecule has 1 atom stereocenters. The van der Waals surface area contributed by atoms with Crippen LogP contribution in [0.5, 0.6) is 0 Å². The summed E-state index contributed by atoms with van der Waals surface area (Å²) in [6.45, 7) is 5.41. The van der Waals surface area contributed by atoms with Crippen molar-refractivity contribution >= 4 is 21.8 Å². The number of hydrogen-bond donors (Lipinski definition) is 1. The Labute approximate surface area is 197 Å². The molecule has 174 valence electrons. The fraction of sp³-hybridized carbons (Fsp3) is 0.269. The molecule has 0 radical (unpaired) electrons. The van der Waals surface area contributed by atoms with Crippen LogP contribution in [0.2, 0.25) is 0 Å². The molecule has 3 aromatic rings. The Balaban J connectivity index is 1.96. The van der Waals surface area contributed by atoms with Crippen LogP contribution in [0.1, 0.15) is 33.9 Å². The summed E-state index contributed by atoms with van der Waals surface area (Å²) in [5.41, 5.74) is 5.15. The first-order valence-corrected chi connectivity index (χ1v) is 12.2. The highest BCUT2D eigenvalue weighted by atomic mass is 32.2. The molecule has 0 heterocycles. The van der Waals surface area contributed by atoms with Crippen molar-refractivity contribution in [2.24, 2.45) is 0 Å². The first kappa shape index (κ1) is 24.5. The van der Waals surface area contributed by atoms with Gasteiger partial charge in [0.2, 0.25) is 5.91 Å². The first-order valence-electron chi connectivity index (χ1n) is 10.8. The predicted octanol–water partition coefficient (Wildman–Crippen LogP) is 4.13. The van der Waals surface area contributed by atoms with Crippen molar-refractivity contribution in [3.8, 4) is 0 Å². The first-order chi connectivity index (χ1) is 15.6. The fourth-order valence-corrected chi connectivity index (χ4v) is 4.70. The van der Waals surface area contributed by atoms with Crippen LogP contribution in [0.4, 0.5) is 5.69 Å². The highest BCUT2D eigenvalue weighted by Crippen LogP contribution is 2.26. The zero-order chi connectivity index (χ0) is 24.2. The van der Waals surface area contributed by atoms with Crippen molar-refractivity contribution in [2.45, 2.75) is 26.8 Å². The van der Waals surface area contributed by atoms with Crippen LogP contribution in [0.15, 0.2) is 72.8 Å². The lowest BCUT2D eigenvalue weighted by atomic mass is 9.98. The Bertz CT molecular complexity index is 1210. The quantitative estimate of drug-likeness (QED) is 0.544. The molecule has 7 heteroatoms. The molecule has 0 aromatic heterocycles. The zero-order valence-corrected chi connectivity index (χ0v) is 20.6. The molecule has 0 aliphatic carbocycles. The van der Waals surface area contributed by atoms with Crippen LogP contribution in [-0.4, -0.2) is 39.3 Å². The van der Waals surface area contributed by atoms with Gasteiger partial charge in [0.1, 0.15) is 6.54 Å². The molecule has 0 aliphatic rings. The third-order valence-corrected chi connectivity index (χ3v) is 7.32. The largest absolute Gasteiger partial charge is 0.344 e. The predicted molar refractivity (Wildman–Crippen MR) is 133 cm³/mol. The van der Waals surface area contributed by atoms with E-state index in [1.165, 1.54) is 18.4 Å². The van der Waals surface area contributed by atoms with Gasteiger partial charge in [-0.25, -0.2) is 4.31 Å². The highest BCUT2D eigenvalue weighted by molar-refractivity contribution is 7.90. The summed E-state index contributed by atoms with van der Waals surface area (Å²) in [6, 6.07) is 22.8. The molecule has 6 nitrogen and oxygen atoms in total. The minimum Gasteiger partial charge on any atom is -0.344 e. The Hall–Kier alpha value is -3.16. The second-order valence-electron chi connectivity index (χ2n) is 8.41. The maximum atomic E-state index is 13.3. The normalized spacial score (nSPS) is 12.4. The van der Waals surface area contributed by atoms with Crippen molar-refractivity contribution in [2.75, 3.05) is 24.9 Å². The number of benzene rings is 3. The van der Waals surface area contributed by atoms with Gasteiger partial charge in [-0.2, -0.15) is 12.7 Å². The number of nitrogens with one attached hydrogen (secondary N) is 1. The average molecular weight is 466 g/mol. The molecule has 0 spiro atoms. The molecule has 0 saturated carbocycles. The lowest BCUT2D eigenvalue weighted by Gasteiger charge is -2.29. The van der Waals surface area contributed by atoms with Crippen LogP contribution < -0.4 is 9.62 Å². The van der Waals surface area contributed by atoms with Crippen molar-refractivity contribution in [1.29, 1.82) is 0 Å². The van der Waals surface area contributed by atoms with Gasteiger partial charge in [-0.1, -0.05) is 72.3 Å². The van der Waals surface area contributed by atoms with Crippen molar-refractivity contribution in [3.05, 3.63) is 101 Å². The number of anilines is 1. The van der Waals surface area contributed by atoms with E-state index in [1.54, 1.807) is 6.07 Å². The van der Waals surface area contributed by atoms with Gasteiger partial charge < -0.3 is 5.32 Å². The molecule has 0 bridgehead atoms. The highest BCUT2D eigenvalue weighted by Gasteiger charge is 2.29. The Morgan fingerprint density at radius 1 is 0.848 bits per heavy atom. The maximum absolute atomic E-state index is 13.3. The molecule has 1 amide bonds. The number of hydrogen-bond acceptors (Lipinski definition) is 3. The summed E-state index contributed by atoms with van der Waals surface area (Å²) < 4.78 is 28.6. The summed E-state index contributed by atoms with van der Waals surface area (Å²) in [4.78, 5) is 13.3. The Kier molecular flexibility index (Phi) is 7.56. The Morgan fingerprint density at radius 2 is 1.42 bits per heavy atom. The van der Waals surface area contributed by atoms with E-state index < -0.39 is 22.2 Å². The number of carbonyl (C=O) groups is 1. The average Bonchev–Trinajstić information content (AvgIpc) is 2.78. The van der Waals surface area contributed by atoms with Crippen molar-refractivity contribution in [1.82, 2.24) is 9.62 Å². The SMILES string of the molecule is Cc1ccc([C@@H](NC(=O)CN(c2cc(C)ccc2C)S(=O)(=O)N(C)C)c2ccccc2)cc1. The summed E-state index contributed by atoms with van der Waals surface area (Å²) in [5, 5.41) is 3.05. The van der Waals surface area contributed by atoms with Gasteiger partial charge in [0.25, 0.3) is 0 Å². The topological polar surface area (TPSA) is 69.7 Å². The molecule has 0 saturated heterocycles. The second kappa shape index (κ2) is 10.2.